The molecule has 2 rings (SSSR count). The second kappa shape index (κ2) is 7.77. The molecule has 0 atom stereocenters. The third-order valence-corrected chi connectivity index (χ3v) is 4.19. The van der Waals surface area contributed by atoms with Gasteiger partial charge in [0.1, 0.15) is 12.4 Å². The number of hydrogen-bond acceptors (Lipinski definition) is 6. The number of rotatable bonds is 7. The van der Waals surface area contributed by atoms with Crippen LogP contribution in [-0.4, -0.2) is 30.2 Å². The SMILES string of the molecule is COc1c(C)c2c(c(N=C=O)c1CC=C(C)CCC(=O)O)C(=O)OC2. The van der Waals surface area contributed by atoms with Crippen LogP contribution in [0.3, 0.4) is 0 Å². The highest BCUT2D eigenvalue weighted by Crippen LogP contribution is 2.42. The van der Waals surface area contributed by atoms with E-state index in [-0.39, 0.29) is 24.3 Å². The van der Waals surface area contributed by atoms with Gasteiger partial charge in [0.05, 0.1) is 18.4 Å². The number of cyclic esters (lactones) is 1. The summed E-state index contributed by atoms with van der Waals surface area (Å²) >= 11 is 0. The van der Waals surface area contributed by atoms with Crippen LogP contribution >= 0.6 is 0 Å². The van der Waals surface area contributed by atoms with Crippen molar-refractivity contribution in [3.8, 4) is 5.75 Å². The van der Waals surface area contributed by atoms with Crippen molar-refractivity contribution in [1.82, 2.24) is 0 Å². The van der Waals surface area contributed by atoms with Gasteiger partial charge in [-0.15, -0.1) is 0 Å². The van der Waals surface area contributed by atoms with Gasteiger partial charge in [-0.25, -0.2) is 9.59 Å². The van der Waals surface area contributed by atoms with E-state index in [1.165, 1.54) is 13.2 Å². The number of allylic oxidation sites excluding steroid dienone is 2. The van der Waals surface area contributed by atoms with Crippen molar-refractivity contribution >= 4 is 23.7 Å². The average molecular weight is 345 g/mol. The minimum absolute atomic E-state index is 0.0361. The summed E-state index contributed by atoms with van der Waals surface area (Å²) in [6.45, 7) is 3.76. The summed E-state index contributed by atoms with van der Waals surface area (Å²) in [5.41, 5.74) is 3.36. The number of carboxylic acid groups (broad SMARTS) is 1. The van der Waals surface area contributed by atoms with Crippen molar-refractivity contribution in [2.24, 2.45) is 4.99 Å². The van der Waals surface area contributed by atoms with E-state index in [1.807, 2.05) is 19.9 Å². The van der Waals surface area contributed by atoms with Crippen LogP contribution in [-0.2, 0) is 27.4 Å². The Hall–Kier alpha value is -2.92. The van der Waals surface area contributed by atoms with Crippen molar-refractivity contribution in [2.75, 3.05) is 7.11 Å². The number of methoxy groups -OCH3 is 1. The standard InChI is InChI=1S/C18H19NO6/c1-10(5-7-14(21)22)4-6-12-16(19-9-20)15-13(8-25-18(15)23)11(2)17(12)24-3/h4H,5-8H2,1-3H3,(H,21,22). The number of carboxylic acids is 1. The Morgan fingerprint density at radius 3 is 2.76 bits per heavy atom. The minimum Gasteiger partial charge on any atom is -0.496 e. The average Bonchev–Trinajstić information content (AvgIpc) is 2.96. The fraction of sp³-hybridized carbons (Fsp3) is 0.389. The molecule has 0 amide bonds. The molecule has 0 aromatic heterocycles. The van der Waals surface area contributed by atoms with Crippen molar-refractivity contribution in [3.05, 3.63) is 33.9 Å². The van der Waals surface area contributed by atoms with Crippen LogP contribution in [0, 0.1) is 6.92 Å². The summed E-state index contributed by atoms with van der Waals surface area (Å²) in [6.07, 6.45) is 4.12. The monoisotopic (exact) mass is 345 g/mol. The molecule has 0 fully saturated rings. The number of hydrogen-bond donors (Lipinski definition) is 1. The Labute approximate surface area is 145 Å². The number of aliphatic carboxylic acids is 1. The molecule has 0 bridgehead atoms. The zero-order valence-electron chi connectivity index (χ0n) is 14.3. The van der Waals surface area contributed by atoms with E-state index in [1.54, 1.807) is 0 Å². The lowest BCUT2D eigenvalue weighted by Crippen LogP contribution is -2.03. The first-order chi connectivity index (χ1) is 11.9. The first kappa shape index (κ1) is 18.4. The molecule has 0 aliphatic carbocycles. The maximum atomic E-state index is 12.0. The van der Waals surface area contributed by atoms with Crippen LogP contribution < -0.4 is 4.74 Å². The van der Waals surface area contributed by atoms with Crippen LogP contribution in [0.4, 0.5) is 5.69 Å². The van der Waals surface area contributed by atoms with Crippen molar-refractivity contribution in [2.45, 2.75) is 39.7 Å². The topological polar surface area (TPSA) is 102 Å². The first-order valence-corrected chi connectivity index (χ1v) is 7.75. The van der Waals surface area contributed by atoms with E-state index < -0.39 is 11.9 Å². The zero-order valence-corrected chi connectivity index (χ0v) is 14.3. The molecule has 0 unspecified atom stereocenters. The van der Waals surface area contributed by atoms with Gasteiger partial charge in [-0.3, -0.25) is 4.79 Å². The number of carbonyl (C=O) groups excluding carboxylic acids is 2. The number of fused-ring (bicyclic) bond motifs is 1. The zero-order chi connectivity index (χ0) is 18.6. The van der Waals surface area contributed by atoms with Gasteiger partial charge in [0.15, 0.2) is 0 Å². The summed E-state index contributed by atoms with van der Waals surface area (Å²) in [5.74, 6) is -0.858. The molecule has 1 aromatic rings. The molecule has 0 spiro atoms. The summed E-state index contributed by atoms with van der Waals surface area (Å²) < 4.78 is 10.5. The van der Waals surface area contributed by atoms with Gasteiger partial charge >= 0.3 is 11.9 Å². The molecule has 0 radical (unpaired) electrons. The van der Waals surface area contributed by atoms with Gasteiger partial charge < -0.3 is 14.6 Å². The van der Waals surface area contributed by atoms with Crippen LogP contribution in [0.2, 0.25) is 0 Å². The van der Waals surface area contributed by atoms with Gasteiger partial charge in [-0.2, -0.15) is 4.99 Å². The highest BCUT2D eigenvalue weighted by atomic mass is 16.5. The molecule has 25 heavy (non-hydrogen) atoms. The van der Waals surface area contributed by atoms with E-state index >= 15 is 0 Å². The fourth-order valence-electron chi connectivity index (χ4n) is 2.88. The van der Waals surface area contributed by atoms with E-state index in [4.69, 9.17) is 14.6 Å². The lowest BCUT2D eigenvalue weighted by Gasteiger charge is -2.16. The Bertz CT molecular complexity index is 803. The van der Waals surface area contributed by atoms with Gasteiger partial charge in [0, 0.05) is 17.5 Å². The molecule has 1 heterocycles. The molecule has 1 aliphatic heterocycles. The van der Waals surface area contributed by atoms with Gasteiger partial charge in [0.25, 0.3) is 0 Å². The normalized spacial score (nSPS) is 13.1. The van der Waals surface area contributed by atoms with Gasteiger partial charge in [-0.1, -0.05) is 11.6 Å². The number of nitrogens with zero attached hydrogens (tertiary/aromatic N) is 1. The van der Waals surface area contributed by atoms with Gasteiger partial charge in [-0.05, 0) is 32.3 Å². The smallest absolute Gasteiger partial charge is 0.341 e. The predicted octanol–water partition coefficient (Wildman–Crippen LogP) is 2.99. The molecular weight excluding hydrogens is 326 g/mol. The molecule has 1 aromatic carbocycles. The largest absolute Gasteiger partial charge is 0.496 e. The highest BCUT2D eigenvalue weighted by Gasteiger charge is 2.32. The number of aliphatic imine (C=N–C) groups is 1. The van der Waals surface area contributed by atoms with E-state index in [2.05, 4.69) is 4.99 Å². The summed E-state index contributed by atoms with van der Waals surface area (Å²) in [5, 5.41) is 8.76. The first-order valence-electron chi connectivity index (χ1n) is 7.75. The van der Waals surface area contributed by atoms with Gasteiger partial charge in [0.2, 0.25) is 6.08 Å². The lowest BCUT2D eigenvalue weighted by molar-refractivity contribution is -0.136. The van der Waals surface area contributed by atoms with Crippen LogP contribution in [0.5, 0.6) is 5.75 Å². The quantitative estimate of drug-likeness (QED) is 0.353. The van der Waals surface area contributed by atoms with Crippen LogP contribution in [0.25, 0.3) is 0 Å². The van der Waals surface area contributed by atoms with Crippen molar-refractivity contribution < 1.29 is 29.0 Å². The predicted molar refractivity (Wildman–Crippen MR) is 89.0 cm³/mol. The Kier molecular flexibility index (Phi) is 5.72. The highest BCUT2D eigenvalue weighted by molar-refractivity contribution is 6.01. The number of benzene rings is 1. The summed E-state index contributed by atoms with van der Waals surface area (Å²) in [4.78, 5) is 37.3. The third-order valence-electron chi connectivity index (χ3n) is 4.19. The Morgan fingerprint density at radius 2 is 2.16 bits per heavy atom. The minimum atomic E-state index is -0.868. The molecule has 132 valence electrons. The number of carbonyl (C=O) groups is 2. The van der Waals surface area contributed by atoms with Crippen molar-refractivity contribution in [1.29, 1.82) is 0 Å². The molecule has 1 aliphatic rings. The number of esters is 1. The summed E-state index contributed by atoms with van der Waals surface area (Å²) in [6, 6.07) is 0. The van der Waals surface area contributed by atoms with E-state index in [0.717, 1.165) is 11.1 Å². The molecule has 7 heteroatoms. The third kappa shape index (κ3) is 3.78. The maximum absolute atomic E-state index is 12.0. The molecular formula is C18H19NO6. The van der Waals surface area contributed by atoms with Crippen molar-refractivity contribution in [3.63, 3.8) is 0 Å². The fourth-order valence-corrected chi connectivity index (χ4v) is 2.88. The molecule has 0 saturated heterocycles. The number of ether oxygens (including phenoxy) is 2. The Morgan fingerprint density at radius 1 is 1.44 bits per heavy atom. The van der Waals surface area contributed by atoms with Crippen LogP contribution in [0.15, 0.2) is 16.6 Å². The summed E-state index contributed by atoms with van der Waals surface area (Å²) in [7, 11) is 1.51. The molecule has 1 N–H and O–H groups in total. The van der Waals surface area contributed by atoms with E-state index in [0.29, 0.717) is 29.7 Å². The lowest BCUT2D eigenvalue weighted by atomic mass is 9.93. The maximum Gasteiger partial charge on any atom is 0.341 e. The van der Waals surface area contributed by atoms with Crippen LogP contribution in [0.1, 0.15) is 46.8 Å². The number of isocyanates is 1. The Balaban J connectivity index is 2.52. The second-order valence-electron chi connectivity index (χ2n) is 5.77. The van der Waals surface area contributed by atoms with E-state index in [9.17, 15) is 14.4 Å². The molecule has 7 nitrogen and oxygen atoms in total. The second-order valence-corrected chi connectivity index (χ2v) is 5.77. The molecule has 0 saturated carbocycles.